The van der Waals surface area contributed by atoms with Crippen molar-refractivity contribution < 1.29 is 27.5 Å². The third kappa shape index (κ3) is 6.27. The number of anilines is 2. The predicted molar refractivity (Wildman–Crippen MR) is 160 cm³/mol. The Hall–Kier alpha value is -3.41. The van der Waals surface area contributed by atoms with Crippen LogP contribution in [0, 0.1) is 0 Å². The van der Waals surface area contributed by atoms with Crippen LogP contribution in [0.2, 0.25) is 0 Å². The molecule has 1 aliphatic carbocycles. The maximum atomic E-state index is 13.7. The summed E-state index contributed by atoms with van der Waals surface area (Å²) in [5, 5.41) is 6.31. The summed E-state index contributed by atoms with van der Waals surface area (Å²) in [5.74, 6) is 0.0851. The van der Waals surface area contributed by atoms with E-state index in [2.05, 4.69) is 10.6 Å². The van der Waals surface area contributed by atoms with Crippen molar-refractivity contribution in [1.82, 2.24) is 4.31 Å². The molecule has 0 bridgehead atoms. The third-order valence-corrected chi connectivity index (χ3v) is 10.7. The lowest BCUT2D eigenvalue weighted by Crippen LogP contribution is -2.32. The van der Waals surface area contributed by atoms with Gasteiger partial charge in [0.2, 0.25) is 10.0 Å². The molecular weight excluding hydrogens is 562 g/mol. The maximum Gasteiger partial charge on any atom is 0.260 e. The van der Waals surface area contributed by atoms with Gasteiger partial charge in [-0.3, -0.25) is 9.59 Å². The van der Waals surface area contributed by atoms with Crippen LogP contribution in [0.4, 0.5) is 10.7 Å². The second-order valence-corrected chi connectivity index (χ2v) is 13.3. The van der Waals surface area contributed by atoms with Crippen molar-refractivity contribution in [1.29, 1.82) is 0 Å². The molecule has 9 nitrogen and oxygen atoms in total. The first kappa shape index (κ1) is 29.1. The molecule has 1 fully saturated rings. The fraction of sp³-hybridized carbons (Fsp3) is 0.400. The van der Waals surface area contributed by atoms with Crippen molar-refractivity contribution in [2.45, 2.75) is 56.3 Å². The fourth-order valence-electron chi connectivity index (χ4n) is 5.39. The van der Waals surface area contributed by atoms with Crippen LogP contribution in [0.5, 0.6) is 11.5 Å². The summed E-state index contributed by atoms with van der Waals surface area (Å²) < 4.78 is 39.1. The monoisotopic (exact) mass is 597 g/mol. The number of aryl methyl sites for hydroxylation is 1. The highest BCUT2D eigenvalue weighted by molar-refractivity contribution is 7.89. The Bertz CT molecular complexity index is 1520. The lowest BCUT2D eigenvalue weighted by atomic mass is 9.95. The number of nitrogens with one attached hydrogen (secondary N) is 2. The van der Waals surface area contributed by atoms with E-state index in [1.807, 2.05) is 0 Å². The fourth-order valence-corrected chi connectivity index (χ4v) is 8.21. The molecule has 1 aliphatic heterocycles. The molecule has 0 saturated carbocycles. The van der Waals surface area contributed by atoms with Crippen LogP contribution < -0.4 is 20.1 Å². The molecule has 0 atom stereocenters. The Kier molecular flexibility index (Phi) is 8.96. The third-order valence-electron chi connectivity index (χ3n) is 7.59. The molecule has 2 aromatic carbocycles. The Morgan fingerprint density at radius 1 is 0.829 bits per heavy atom. The molecule has 41 heavy (non-hydrogen) atoms. The Balaban J connectivity index is 1.45. The van der Waals surface area contributed by atoms with Gasteiger partial charge in [0.25, 0.3) is 11.8 Å². The predicted octanol–water partition coefficient (Wildman–Crippen LogP) is 5.71. The minimum Gasteiger partial charge on any atom is -0.497 e. The molecule has 2 heterocycles. The molecule has 2 aliphatic rings. The number of sulfonamides is 1. The zero-order valence-electron chi connectivity index (χ0n) is 23.3. The minimum absolute atomic E-state index is 0.0493. The van der Waals surface area contributed by atoms with Crippen LogP contribution >= 0.6 is 11.3 Å². The summed E-state index contributed by atoms with van der Waals surface area (Å²) in [7, 11) is -0.760. The van der Waals surface area contributed by atoms with Crippen molar-refractivity contribution in [2.24, 2.45) is 0 Å². The van der Waals surface area contributed by atoms with Gasteiger partial charge in [-0.15, -0.1) is 11.3 Å². The van der Waals surface area contributed by atoms with Gasteiger partial charge in [0.05, 0.1) is 30.2 Å². The van der Waals surface area contributed by atoms with E-state index in [1.54, 1.807) is 31.4 Å². The second kappa shape index (κ2) is 12.6. The zero-order chi connectivity index (χ0) is 29.0. The highest BCUT2D eigenvalue weighted by atomic mass is 32.2. The van der Waals surface area contributed by atoms with Crippen molar-refractivity contribution in [3.63, 3.8) is 0 Å². The number of nitrogens with zero attached hydrogens (tertiary/aromatic N) is 1. The first-order valence-corrected chi connectivity index (χ1v) is 16.2. The van der Waals surface area contributed by atoms with Gasteiger partial charge >= 0.3 is 0 Å². The number of ether oxygens (including phenoxy) is 2. The lowest BCUT2D eigenvalue weighted by Gasteiger charge is -2.20. The number of amides is 2. The molecular formula is C30H35N3O6S2. The van der Waals surface area contributed by atoms with E-state index in [4.69, 9.17) is 9.47 Å². The highest BCUT2D eigenvalue weighted by Crippen LogP contribution is 2.39. The van der Waals surface area contributed by atoms with Crippen LogP contribution in [0.1, 0.15) is 69.7 Å². The van der Waals surface area contributed by atoms with E-state index in [-0.39, 0.29) is 22.1 Å². The van der Waals surface area contributed by atoms with Crippen LogP contribution in [-0.2, 0) is 22.9 Å². The Morgan fingerprint density at radius 2 is 1.54 bits per heavy atom. The summed E-state index contributed by atoms with van der Waals surface area (Å²) in [4.78, 5) is 28.4. The summed E-state index contributed by atoms with van der Waals surface area (Å²) in [6.45, 7) is 0.923. The Morgan fingerprint density at radius 3 is 2.22 bits per heavy atom. The standard InChI is InChI=1S/C30H35N3O6S2/c1-38-21-13-11-20(12-14-21)31-29(35)27-23-9-5-6-10-26(23)40-30(27)32-28(34)24-19-22(15-16-25(24)39-2)41(36,37)33-17-7-3-4-8-18-33/h11-16,19H,3-10,17-18H2,1-2H3,(H,31,35)(H,32,34). The van der Waals surface area contributed by atoms with Gasteiger partial charge in [0.15, 0.2) is 0 Å². The van der Waals surface area contributed by atoms with Gasteiger partial charge < -0.3 is 20.1 Å². The normalized spacial score (nSPS) is 15.9. The van der Waals surface area contributed by atoms with Crippen LogP contribution in [0.3, 0.4) is 0 Å². The zero-order valence-corrected chi connectivity index (χ0v) is 25.0. The van der Waals surface area contributed by atoms with Crippen molar-refractivity contribution in [3.8, 4) is 11.5 Å². The van der Waals surface area contributed by atoms with Gasteiger partial charge in [-0.25, -0.2) is 8.42 Å². The number of hydrogen-bond donors (Lipinski definition) is 2. The first-order valence-electron chi connectivity index (χ1n) is 13.9. The average molecular weight is 598 g/mol. The molecule has 1 aromatic heterocycles. The lowest BCUT2D eigenvalue weighted by molar-refractivity contribution is 0.102. The number of rotatable bonds is 8. The number of benzene rings is 2. The highest BCUT2D eigenvalue weighted by Gasteiger charge is 2.30. The van der Waals surface area contributed by atoms with Gasteiger partial charge in [-0.05, 0) is 86.6 Å². The van der Waals surface area contributed by atoms with Gasteiger partial charge in [-0.1, -0.05) is 12.8 Å². The quantitative estimate of drug-likeness (QED) is 0.344. The molecule has 0 unspecified atom stereocenters. The van der Waals surface area contributed by atoms with Crippen molar-refractivity contribution >= 4 is 43.9 Å². The first-order chi connectivity index (χ1) is 19.8. The molecule has 2 N–H and O–H groups in total. The van der Waals surface area contributed by atoms with Crippen molar-refractivity contribution in [3.05, 3.63) is 64.0 Å². The summed E-state index contributed by atoms with van der Waals surface area (Å²) in [6.07, 6.45) is 7.20. The number of methoxy groups -OCH3 is 2. The van der Waals surface area contributed by atoms with Crippen LogP contribution in [-0.4, -0.2) is 51.8 Å². The summed E-state index contributed by atoms with van der Waals surface area (Å²) >= 11 is 1.40. The molecule has 218 valence electrons. The van der Waals surface area contributed by atoms with Gasteiger partial charge in [0.1, 0.15) is 16.5 Å². The number of carbonyl (C=O) groups is 2. The molecule has 11 heteroatoms. The van der Waals surface area contributed by atoms with Crippen LogP contribution in [0.15, 0.2) is 47.4 Å². The minimum atomic E-state index is -3.78. The molecule has 0 spiro atoms. The number of hydrogen-bond acceptors (Lipinski definition) is 7. The SMILES string of the molecule is COc1ccc(NC(=O)c2c(NC(=O)c3cc(S(=O)(=O)N4CCCCCC4)ccc3OC)sc3c2CCCC3)cc1. The average Bonchev–Trinajstić information content (AvgIpc) is 3.13. The molecule has 5 rings (SSSR count). The van der Waals surface area contributed by atoms with Crippen LogP contribution in [0.25, 0.3) is 0 Å². The molecule has 2 amide bonds. The molecule has 0 radical (unpaired) electrons. The topological polar surface area (TPSA) is 114 Å². The maximum absolute atomic E-state index is 13.7. The molecule has 1 saturated heterocycles. The van der Waals surface area contributed by atoms with E-state index >= 15 is 0 Å². The van der Waals surface area contributed by atoms with E-state index in [9.17, 15) is 18.0 Å². The molecule has 3 aromatic rings. The smallest absolute Gasteiger partial charge is 0.260 e. The van der Waals surface area contributed by atoms with Gasteiger partial charge in [0, 0.05) is 23.7 Å². The number of fused-ring (bicyclic) bond motifs is 1. The number of carbonyl (C=O) groups excluding carboxylic acids is 2. The summed E-state index contributed by atoms with van der Waals surface area (Å²) in [6, 6.07) is 11.4. The largest absolute Gasteiger partial charge is 0.497 e. The van der Waals surface area contributed by atoms with E-state index in [0.717, 1.165) is 61.8 Å². The van der Waals surface area contributed by atoms with Gasteiger partial charge in [-0.2, -0.15) is 4.31 Å². The second-order valence-electron chi connectivity index (χ2n) is 10.2. The Labute approximate surface area is 244 Å². The van der Waals surface area contributed by atoms with E-state index in [0.29, 0.717) is 35.1 Å². The van der Waals surface area contributed by atoms with E-state index < -0.39 is 15.9 Å². The van der Waals surface area contributed by atoms with Crippen molar-refractivity contribution in [2.75, 3.05) is 37.9 Å². The summed E-state index contributed by atoms with van der Waals surface area (Å²) in [5.41, 5.74) is 2.10. The number of thiophene rings is 1. The van der Waals surface area contributed by atoms with E-state index in [1.165, 1.54) is 41.0 Å².